The third kappa shape index (κ3) is 4.28. The van der Waals surface area contributed by atoms with Gasteiger partial charge in [0, 0.05) is 36.9 Å². The minimum atomic E-state index is 0.104. The van der Waals surface area contributed by atoms with Gasteiger partial charge >= 0.3 is 0 Å². The van der Waals surface area contributed by atoms with Crippen LogP contribution in [-0.2, 0) is 11.3 Å². The molecule has 1 aliphatic rings. The van der Waals surface area contributed by atoms with Crippen LogP contribution >= 0.6 is 0 Å². The Labute approximate surface area is 149 Å². The van der Waals surface area contributed by atoms with Crippen molar-refractivity contribution in [2.45, 2.75) is 33.7 Å². The van der Waals surface area contributed by atoms with Crippen LogP contribution in [0.15, 0.2) is 30.3 Å². The number of hydrogen-bond donors (Lipinski definition) is 0. The second-order valence-electron chi connectivity index (χ2n) is 6.86. The van der Waals surface area contributed by atoms with Crippen LogP contribution in [0, 0.1) is 19.8 Å². The van der Waals surface area contributed by atoms with Crippen LogP contribution < -0.4 is 0 Å². The lowest BCUT2D eigenvalue weighted by Gasteiger charge is -2.24. The standard InChI is InChI=1S/C20H27N3O2/c1-4-22(12-18-9-10-25-14-18)20(24)19-7-5-17(6-8-19)13-23-16(3)11-15(2)21-23/h5-8,11,18H,4,9-10,12-14H2,1-3H3. The molecule has 25 heavy (non-hydrogen) atoms. The summed E-state index contributed by atoms with van der Waals surface area (Å²) in [5.41, 5.74) is 4.07. The van der Waals surface area contributed by atoms with Crippen molar-refractivity contribution < 1.29 is 9.53 Å². The van der Waals surface area contributed by atoms with E-state index in [2.05, 4.69) is 18.1 Å². The molecule has 1 aromatic carbocycles. The van der Waals surface area contributed by atoms with E-state index in [0.29, 0.717) is 5.92 Å². The van der Waals surface area contributed by atoms with Crippen molar-refractivity contribution in [3.63, 3.8) is 0 Å². The molecule has 0 spiro atoms. The molecular weight excluding hydrogens is 314 g/mol. The monoisotopic (exact) mass is 341 g/mol. The summed E-state index contributed by atoms with van der Waals surface area (Å²) in [5, 5.41) is 4.49. The fourth-order valence-corrected chi connectivity index (χ4v) is 3.34. The Bertz CT molecular complexity index is 715. The average molecular weight is 341 g/mol. The lowest BCUT2D eigenvalue weighted by molar-refractivity contribution is 0.0731. The number of aryl methyl sites for hydroxylation is 2. The van der Waals surface area contributed by atoms with E-state index in [9.17, 15) is 4.79 Å². The van der Waals surface area contributed by atoms with Gasteiger partial charge < -0.3 is 9.64 Å². The summed E-state index contributed by atoms with van der Waals surface area (Å²) < 4.78 is 7.42. The molecule has 1 aliphatic heterocycles. The van der Waals surface area contributed by atoms with Gasteiger partial charge in [-0.3, -0.25) is 9.48 Å². The summed E-state index contributed by atoms with van der Waals surface area (Å²) in [6.07, 6.45) is 1.05. The van der Waals surface area contributed by atoms with Gasteiger partial charge in [-0.1, -0.05) is 12.1 Å². The third-order valence-corrected chi connectivity index (χ3v) is 4.81. The van der Waals surface area contributed by atoms with Crippen molar-refractivity contribution >= 4 is 5.91 Å². The molecule has 1 atom stereocenters. The number of rotatable bonds is 6. The first-order valence-electron chi connectivity index (χ1n) is 9.04. The number of amides is 1. The lowest BCUT2D eigenvalue weighted by Crippen LogP contribution is -2.35. The largest absolute Gasteiger partial charge is 0.381 e. The van der Waals surface area contributed by atoms with E-state index >= 15 is 0 Å². The van der Waals surface area contributed by atoms with Crippen molar-refractivity contribution in [1.29, 1.82) is 0 Å². The first-order chi connectivity index (χ1) is 12.1. The van der Waals surface area contributed by atoms with Crippen LogP contribution in [0.25, 0.3) is 0 Å². The minimum Gasteiger partial charge on any atom is -0.381 e. The first kappa shape index (κ1) is 17.7. The zero-order valence-corrected chi connectivity index (χ0v) is 15.4. The number of ether oxygens (including phenoxy) is 1. The Balaban J connectivity index is 1.65. The van der Waals surface area contributed by atoms with Crippen molar-refractivity contribution in [3.8, 4) is 0 Å². The Morgan fingerprint density at radius 2 is 2.08 bits per heavy atom. The third-order valence-electron chi connectivity index (χ3n) is 4.81. The maximum absolute atomic E-state index is 12.8. The quantitative estimate of drug-likeness (QED) is 0.811. The van der Waals surface area contributed by atoms with Gasteiger partial charge in [0.1, 0.15) is 0 Å². The number of nitrogens with zero attached hydrogens (tertiary/aromatic N) is 3. The van der Waals surface area contributed by atoms with Gasteiger partial charge in [0.2, 0.25) is 0 Å². The predicted molar refractivity (Wildman–Crippen MR) is 97.7 cm³/mol. The molecule has 5 heteroatoms. The molecule has 0 aliphatic carbocycles. The molecule has 2 heterocycles. The van der Waals surface area contributed by atoms with Crippen molar-refractivity contribution in [1.82, 2.24) is 14.7 Å². The Hall–Kier alpha value is -2.14. The molecule has 1 amide bonds. The number of carbonyl (C=O) groups excluding carboxylic acids is 1. The van der Waals surface area contributed by atoms with Gasteiger partial charge in [0.15, 0.2) is 0 Å². The summed E-state index contributed by atoms with van der Waals surface area (Å²) in [6.45, 7) is 9.91. The van der Waals surface area contributed by atoms with Crippen molar-refractivity contribution in [2.75, 3.05) is 26.3 Å². The highest BCUT2D eigenvalue weighted by atomic mass is 16.5. The van der Waals surface area contributed by atoms with E-state index in [1.54, 1.807) is 0 Å². The number of hydrogen-bond acceptors (Lipinski definition) is 3. The van der Waals surface area contributed by atoms with Crippen molar-refractivity contribution in [2.24, 2.45) is 5.92 Å². The fraction of sp³-hybridized carbons (Fsp3) is 0.500. The van der Waals surface area contributed by atoms with Crippen LogP contribution in [0.2, 0.25) is 0 Å². The Morgan fingerprint density at radius 3 is 2.64 bits per heavy atom. The SMILES string of the molecule is CCN(CC1CCOC1)C(=O)c1ccc(Cn2nc(C)cc2C)cc1. The zero-order chi connectivity index (χ0) is 17.8. The molecule has 1 fully saturated rings. The summed E-state index contributed by atoms with van der Waals surface area (Å²) in [5.74, 6) is 0.571. The maximum Gasteiger partial charge on any atom is 0.253 e. The van der Waals surface area contributed by atoms with Gasteiger partial charge in [-0.05, 0) is 51.0 Å². The van der Waals surface area contributed by atoms with Crippen molar-refractivity contribution in [3.05, 3.63) is 52.8 Å². The van der Waals surface area contributed by atoms with Gasteiger partial charge in [0.05, 0.1) is 18.8 Å². The lowest BCUT2D eigenvalue weighted by atomic mass is 10.1. The van der Waals surface area contributed by atoms with E-state index in [1.807, 2.05) is 47.7 Å². The summed E-state index contributed by atoms with van der Waals surface area (Å²) in [6, 6.07) is 9.98. The van der Waals surface area contributed by atoms with E-state index in [-0.39, 0.29) is 5.91 Å². The normalized spacial score (nSPS) is 17.0. The average Bonchev–Trinajstić information content (AvgIpc) is 3.22. The fourth-order valence-electron chi connectivity index (χ4n) is 3.34. The summed E-state index contributed by atoms with van der Waals surface area (Å²) in [7, 11) is 0. The number of benzene rings is 1. The molecular formula is C20H27N3O2. The second-order valence-corrected chi connectivity index (χ2v) is 6.86. The molecule has 1 unspecified atom stereocenters. The summed E-state index contributed by atoms with van der Waals surface area (Å²) in [4.78, 5) is 14.7. The molecule has 3 rings (SSSR count). The zero-order valence-electron chi connectivity index (χ0n) is 15.4. The number of aromatic nitrogens is 2. The highest BCUT2D eigenvalue weighted by Crippen LogP contribution is 2.16. The number of carbonyl (C=O) groups is 1. The molecule has 1 saturated heterocycles. The predicted octanol–water partition coefficient (Wildman–Crippen LogP) is 3.05. The Morgan fingerprint density at radius 1 is 1.32 bits per heavy atom. The van der Waals surface area contributed by atoms with E-state index in [4.69, 9.17) is 4.74 Å². The van der Waals surface area contributed by atoms with Gasteiger partial charge in [-0.25, -0.2) is 0 Å². The Kier molecular flexibility index (Phi) is 5.53. The van der Waals surface area contributed by atoms with E-state index in [1.165, 1.54) is 0 Å². The highest BCUT2D eigenvalue weighted by molar-refractivity contribution is 5.94. The topological polar surface area (TPSA) is 47.4 Å². The van der Waals surface area contributed by atoms with Gasteiger partial charge in [-0.15, -0.1) is 0 Å². The van der Waals surface area contributed by atoms with Crippen LogP contribution in [0.4, 0.5) is 0 Å². The highest BCUT2D eigenvalue weighted by Gasteiger charge is 2.22. The molecule has 0 saturated carbocycles. The smallest absolute Gasteiger partial charge is 0.253 e. The molecule has 5 nitrogen and oxygen atoms in total. The van der Waals surface area contributed by atoms with E-state index < -0.39 is 0 Å². The molecule has 0 radical (unpaired) electrons. The molecule has 0 bridgehead atoms. The summed E-state index contributed by atoms with van der Waals surface area (Å²) >= 11 is 0. The first-order valence-corrected chi connectivity index (χ1v) is 9.04. The molecule has 134 valence electrons. The molecule has 0 N–H and O–H groups in total. The van der Waals surface area contributed by atoms with Crippen LogP contribution in [0.5, 0.6) is 0 Å². The minimum absolute atomic E-state index is 0.104. The van der Waals surface area contributed by atoms with Crippen LogP contribution in [0.3, 0.4) is 0 Å². The van der Waals surface area contributed by atoms with Gasteiger partial charge in [0.25, 0.3) is 5.91 Å². The maximum atomic E-state index is 12.8. The molecule has 1 aromatic heterocycles. The van der Waals surface area contributed by atoms with Crippen LogP contribution in [-0.4, -0.2) is 46.9 Å². The van der Waals surface area contributed by atoms with E-state index in [0.717, 1.165) is 61.8 Å². The van der Waals surface area contributed by atoms with Gasteiger partial charge in [-0.2, -0.15) is 5.10 Å². The second kappa shape index (κ2) is 7.83. The van der Waals surface area contributed by atoms with Crippen LogP contribution in [0.1, 0.15) is 40.7 Å². The molecule has 2 aromatic rings.